The van der Waals surface area contributed by atoms with Crippen molar-refractivity contribution in [1.82, 2.24) is 14.8 Å². The van der Waals surface area contributed by atoms with Crippen LogP contribution in [0.3, 0.4) is 0 Å². The van der Waals surface area contributed by atoms with E-state index in [9.17, 15) is 9.59 Å². The molecule has 146 valence electrons. The molecule has 1 saturated heterocycles. The quantitative estimate of drug-likeness (QED) is 0.720. The zero-order valence-corrected chi connectivity index (χ0v) is 15.4. The van der Waals surface area contributed by atoms with Crippen LogP contribution in [0, 0.1) is 0 Å². The molecule has 0 N–H and O–H groups in total. The number of aromatic nitrogens is 1. The molecule has 1 aromatic carbocycles. The second-order valence-electron chi connectivity index (χ2n) is 6.66. The van der Waals surface area contributed by atoms with Gasteiger partial charge in [-0.2, -0.15) is 0 Å². The molecular formula is C20H21N3O5. The van der Waals surface area contributed by atoms with Crippen molar-refractivity contribution in [1.29, 1.82) is 0 Å². The normalized spacial score (nSPS) is 16.1. The first-order chi connectivity index (χ1) is 13.7. The van der Waals surface area contributed by atoms with Gasteiger partial charge in [0.05, 0.1) is 5.56 Å². The van der Waals surface area contributed by atoms with E-state index in [1.165, 1.54) is 12.4 Å². The Balaban J connectivity index is 1.22. The highest BCUT2D eigenvalue weighted by Gasteiger charge is 2.23. The summed E-state index contributed by atoms with van der Waals surface area (Å²) in [6.45, 7) is 3.55. The van der Waals surface area contributed by atoms with Crippen molar-refractivity contribution in [2.45, 2.75) is 6.54 Å². The first-order valence-electron chi connectivity index (χ1n) is 9.15. The molecule has 1 amide bonds. The number of benzene rings is 1. The predicted molar refractivity (Wildman–Crippen MR) is 98.9 cm³/mol. The number of piperazine rings is 1. The average Bonchev–Trinajstić information content (AvgIpc) is 3.21. The molecule has 2 aromatic rings. The van der Waals surface area contributed by atoms with Gasteiger partial charge in [-0.3, -0.25) is 14.7 Å². The molecule has 28 heavy (non-hydrogen) atoms. The van der Waals surface area contributed by atoms with Crippen LogP contribution in [0.15, 0.2) is 42.7 Å². The van der Waals surface area contributed by atoms with Gasteiger partial charge in [0.2, 0.25) is 6.79 Å². The smallest absolute Gasteiger partial charge is 0.338 e. The van der Waals surface area contributed by atoms with E-state index in [1.807, 2.05) is 18.2 Å². The number of pyridine rings is 1. The Labute approximate surface area is 162 Å². The fourth-order valence-electron chi connectivity index (χ4n) is 3.24. The van der Waals surface area contributed by atoms with Gasteiger partial charge in [0.25, 0.3) is 5.91 Å². The Morgan fingerprint density at radius 1 is 1.00 bits per heavy atom. The zero-order valence-electron chi connectivity index (χ0n) is 15.4. The van der Waals surface area contributed by atoms with Gasteiger partial charge in [0, 0.05) is 45.1 Å². The lowest BCUT2D eigenvalue weighted by Gasteiger charge is -2.34. The molecule has 1 aromatic heterocycles. The summed E-state index contributed by atoms with van der Waals surface area (Å²) < 4.78 is 15.9. The van der Waals surface area contributed by atoms with Gasteiger partial charge in [-0.05, 0) is 29.8 Å². The van der Waals surface area contributed by atoms with E-state index in [0.29, 0.717) is 18.7 Å². The molecule has 4 rings (SSSR count). The van der Waals surface area contributed by atoms with Crippen LogP contribution in [0.5, 0.6) is 11.5 Å². The van der Waals surface area contributed by atoms with E-state index < -0.39 is 5.97 Å². The number of rotatable bonds is 5. The van der Waals surface area contributed by atoms with Crippen molar-refractivity contribution >= 4 is 11.9 Å². The third-order valence-corrected chi connectivity index (χ3v) is 4.81. The number of fused-ring (bicyclic) bond motifs is 1. The number of amides is 1. The lowest BCUT2D eigenvalue weighted by molar-refractivity contribution is -0.136. The third-order valence-electron chi connectivity index (χ3n) is 4.81. The van der Waals surface area contributed by atoms with Crippen molar-refractivity contribution < 1.29 is 23.8 Å². The molecule has 0 radical (unpaired) electrons. The number of carbonyl (C=O) groups excluding carboxylic acids is 2. The largest absolute Gasteiger partial charge is 0.454 e. The Hall–Kier alpha value is -3.13. The fourth-order valence-corrected chi connectivity index (χ4v) is 3.24. The summed E-state index contributed by atoms with van der Waals surface area (Å²) in [5.41, 5.74) is 1.53. The van der Waals surface area contributed by atoms with Crippen LogP contribution in [0.1, 0.15) is 15.9 Å². The van der Waals surface area contributed by atoms with E-state index in [0.717, 1.165) is 36.7 Å². The highest BCUT2D eigenvalue weighted by Crippen LogP contribution is 2.32. The number of carbonyl (C=O) groups is 2. The van der Waals surface area contributed by atoms with Gasteiger partial charge in [0.15, 0.2) is 18.1 Å². The monoisotopic (exact) mass is 383 g/mol. The minimum Gasteiger partial charge on any atom is -0.454 e. The molecule has 0 spiro atoms. The molecular weight excluding hydrogens is 362 g/mol. The molecule has 2 aliphatic heterocycles. The van der Waals surface area contributed by atoms with Crippen LogP contribution in [-0.2, 0) is 16.1 Å². The van der Waals surface area contributed by atoms with Crippen molar-refractivity contribution in [2.24, 2.45) is 0 Å². The number of hydrogen-bond donors (Lipinski definition) is 0. The van der Waals surface area contributed by atoms with Gasteiger partial charge in [-0.1, -0.05) is 6.07 Å². The van der Waals surface area contributed by atoms with Crippen molar-refractivity contribution in [2.75, 3.05) is 39.6 Å². The second-order valence-corrected chi connectivity index (χ2v) is 6.66. The Morgan fingerprint density at radius 2 is 1.75 bits per heavy atom. The molecule has 8 nitrogen and oxygen atoms in total. The van der Waals surface area contributed by atoms with Crippen molar-refractivity contribution in [3.8, 4) is 11.5 Å². The van der Waals surface area contributed by atoms with E-state index >= 15 is 0 Å². The summed E-state index contributed by atoms with van der Waals surface area (Å²) in [5, 5.41) is 0. The summed E-state index contributed by atoms with van der Waals surface area (Å²) in [4.78, 5) is 32.1. The molecule has 0 aliphatic carbocycles. The van der Waals surface area contributed by atoms with Crippen molar-refractivity contribution in [3.63, 3.8) is 0 Å². The SMILES string of the molecule is O=C(OCC(=O)N1CCN(Cc2ccc3c(c2)OCO3)CC1)c1ccncc1. The van der Waals surface area contributed by atoms with Crippen LogP contribution in [-0.4, -0.2) is 66.2 Å². The predicted octanol–water partition coefficient (Wildman–Crippen LogP) is 1.31. The van der Waals surface area contributed by atoms with Crippen molar-refractivity contribution in [3.05, 3.63) is 53.9 Å². The molecule has 2 aliphatic rings. The fraction of sp³-hybridized carbons (Fsp3) is 0.350. The number of esters is 1. The maximum absolute atomic E-state index is 12.3. The van der Waals surface area contributed by atoms with Gasteiger partial charge < -0.3 is 19.1 Å². The van der Waals surface area contributed by atoms with Crippen LogP contribution in [0.2, 0.25) is 0 Å². The number of nitrogens with zero attached hydrogens (tertiary/aromatic N) is 3. The zero-order chi connectivity index (χ0) is 19.3. The summed E-state index contributed by atoms with van der Waals surface area (Å²) in [5.74, 6) is 0.866. The summed E-state index contributed by atoms with van der Waals surface area (Å²) >= 11 is 0. The molecule has 0 saturated carbocycles. The second kappa shape index (κ2) is 8.26. The van der Waals surface area contributed by atoms with Gasteiger partial charge in [-0.15, -0.1) is 0 Å². The first-order valence-corrected chi connectivity index (χ1v) is 9.15. The first kappa shape index (κ1) is 18.2. The third kappa shape index (κ3) is 4.23. The number of ether oxygens (including phenoxy) is 3. The lowest BCUT2D eigenvalue weighted by Crippen LogP contribution is -2.49. The minimum absolute atomic E-state index is 0.176. The van der Waals surface area contributed by atoms with Gasteiger partial charge in [0.1, 0.15) is 0 Å². The Morgan fingerprint density at radius 3 is 2.54 bits per heavy atom. The maximum atomic E-state index is 12.3. The Kier molecular flexibility index (Phi) is 5.38. The van der Waals surface area contributed by atoms with E-state index in [2.05, 4.69) is 9.88 Å². The van der Waals surface area contributed by atoms with E-state index in [1.54, 1.807) is 17.0 Å². The number of hydrogen-bond acceptors (Lipinski definition) is 7. The average molecular weight is 383 g/mol. The summed E-state index contributed by atoms with van der Waals surface area (Å²) in [6, 6.07) is 9.07. The summed E-state index contributed by atoms with van der Waals surface area (Å²) in [6.07, 6.45) is 3.02. The molecule has 1 fully saturated rings. The Bertz CT molecular complexity index is 850. The topological polar surface area (TPSA) is 81.2 Å². The van der Waals surface area contributed by atoms with E-state index in [4.69, 9.17) is 14.2 Å². The lowest BCUT2D eigenvalue weighted by atomic mass is 10.1. The molecule has 0 unspecified atom stereocenters. The van der Waals surface area contributed by atoms with Crippen LogP contribution in [0.25, 0.3) is 0 Å². The standard InChI is InChI=1S/C20H21N3O5/c24-19(13-26-20(25)16-3-5-21-6-4-16)23-9-7-22(8-10-23)12-15-1-2-17-18(11-15)28-14-27-17/h1-6,11H,7-10,12-14H2. The van der Waals surface area contributed by atoms with Crippen LogP contribution >= 0.6 is 0 Å². The van der Waals surface area contributed by atoms with Crippen LogP contribution < -0.4 is 9.47 Å². The van der Waals surface area contributed by atoms with Gasteiger partial charge >= 0.3 is 5.97 Å². The summed E-state index contributed by atoms with van der Waals surface area (Å²) in [7, 11) is 0. The minimum atomic E-state index is -0.516. The molecule has 0 bridgehead atoms. The molecule has 3 heterocycles. The van der Waals surface area contributed by atoms with Crippen LogP contribution in [0.4, 0.5) is 0 Å². The molecule has 0 atom stereocenters. The highest BCUT2D eigenvalue weighted by molar-refractivity contribution is 5.91. The van der Waals surface area contributed by atoms with Gasteiger partial charge in [-0.25, -0.2) is 4.79 Å². The highest BCUT2D eigenvalue weighted by atomic mass is 16.7. The van der Waals surface area contributed by atoms with E-state index in [-0.39, 0.29) is 19.3 Å². The molecule has 8 heteroatoms. The maximum Gasteiger partial charge on any atom is 0.338 e.